The Morgan fingerprint density at radius 2 is 1.24 bits per heavy atom. The second-order valence-corrected chi connectivity index (χ2v) is 13.4. The molecule has 1 aliphatic rings. The zero-order valence-electron chi connectivity index (χ0n) is 19.5. The Labute approximate surface area is 211 Å². The van der Waals surface area contributed by atoms with Crippen LogP contribution in [0.4, 0.5) is 0 Å². The monoisotopic (exact) mass is 570 g/mol. The summed E-state index contributed by atoms with van der Waals surface area (Å²) in [5.41, 5.74) is 0.101. The molecule has 1 unspecified atom stereocenters. The highest BCUT2D eigenvalue weighted by molar-refractivity contribution is 14.1. The lowest BCUT2D eigenvalue weighted by Gasteiger charge is -2.32. The summed E-state index contributed by atoms with van der Waals surface area (Å²) in [4.78, 5) is 0. The van der Waals surface area contributed by atoms with Crippen molar-refractivity contribution in [2.75, 3.05) is 0 Å². The molecular weight excluding hydrogens is 541 g/mol. The van der Waals surface area contributed by atoms with Crippen LogP contribution in [0, 0.1) is 3.57 Å². The first kappa shape index (κ1) is 24.5. The maximum absolute atomic E-state index is 15.4. The smallest absolute Gasteiger partial charge is 0.400 e. The minimum absolute atomic E-state index is 0.509. The van der Waals surface area contributed by atoms with Crippen LogP contribution < -0.4 is 10.6 Å². The summed E-state index contributed by atoms with van der Waals surface area (Å²) >= 11 is 2.32. The van der Waals surface area contributed by atoms with Gasteiger partial charge in [-0.3, -0.25) is 0 Å². The predicted octanol–water partition coefficient (Wildman–Crippen LogP) is 6.53. The topological polar surface area (TPSA) is 35.5 Å². The fourth-order valence-corrected chi connectivity index (χ4v) is 8.47. The molecule has 4 rings (SSSR count). The third-order valence-electron chi connectivity index (χ3n) is 6.75. The fraction of sp³-hybridized carbons (Fsp3) is 0.259. The van der Waals surface area contributed by atoms with Crippen molar-refractivity contribution < 1.29 is 13.9 Å². The average molecular weight is 570 g/mol. The van der Waals surface area contributed by atoms with Gasteiger partial charge in [0.2, 0.25) is 0 Å². The number of hydrogen-bond donors (Lipinski definition) is 0. The van der Waals surface area contributed by atoms with E-state index in [1.165, 1.54) is 0 Å². The van der Waals surface area contributed by atoms with E-state index < -0.39 is 31.1 Å². The predicted molar refractivity (Wildman–Crippen MR) is 147 cm³/mol. The Hall–Kier alpha value is -1.66. The Kier molecular flexibility index (Phi) is 6.81. The number of benzene rings is 3. The van der Waals surface area contributed by atoms with Crippen LogP contribution in [0.25, 0.3) is 0 Å². The first-order chi connectivity index (χ1) is 15.6. The summed E-state index contributed by atoms with van der Waals surface area (Å²) in [6, 6.07) is 27.5. The third kappa shape index (κ3) is 4.41. The molecule has 6 heteroatoms. The van der Waals surface area contributed by atoms with Crippen LogP contribution in [0.1, 0.15) is 38.9 Å². The second kappa shape index (κ2) is 9.18. The number of allylic oxidation sites excluding steroid dienone is 1. The van der Waals surface area contributed by atoms with Crippen molar-refractivity contribution >= 4 is 47.5 Å². The van der Waals surface area contributed by atoms with E-state index in [-0.39, 0.29) is 0 Å². The fourth-order valence-electron chi connectivity index (χ4n) is 4.20. The normalized spacial score (nSPS) is 18.2. The Morgan fingerprint density at radius 1 is 0.818 bits per heavy atom. The van der Waals surface area contributed by atoms with E-state index in [1.54, 1.807) is 0 Å². The second-order valence-electron chi connectivity index (χ2n) is 9.42. The van der Waals surface area contributed by atoms with Crippen LogP contribution in [-0.2, 0) is 13.9 Å². The highest BCUT2D eigenvalue weighted by atomic mass is 127. The van der Waals surface area contributed by atoms with E-state index in [9.17, 15) is 0 Å². The minimum atomic E-state index is -3.24. The summed E-state index contributed by atoms with van der Waals surface area (Å²) in [6.07, 6.45) is 0. The quantitative estimate of drug-likeness (QED) is 0.192. The van der Waals surface area contributed by atoms with E-state index >= 15 is 4.57 Å². The molecule has 3 aromatic carbocycles. The first-order valence-electron chi connectivity index (χ1n) is 11.1. The molecule has 1 aliphatic heterocycles. The van der Waals surface area contributed by atoms with Gasteiger partial charge in [0, 0.05) is 14.2 Å². The van der Waals surface area contributed by atoms with Gasteiger partial charge in [0.25, 0.3) is 0 Å². The van der Waals surface area contributed by atoms with Crippen LogP contribution in [0.15, 0.2) is 97.0 Å². The molecular formula is C27H29BIO3P. The van der Waals surface area contributed by atoms with Gasteiger partial charge in [0.05, 0.1) is 16.9 Å². The average Bonchev–Trinajstić information content (AvgIpc) is 3.03. The molecule has 0 spiro atoms. The molecule has 0 aliphatic carbocycles. The molecule has 0 bridgehead atoms. The van der Waals surface area contributed by atoms with Crippen molar-refractivity contribution in [3.63, 3.8) is 0 Å². The van der Waals surface area contributed by atoms with E-state index in [2.05, 4.69) is 29.2 Å². The van der Waals surface area contributed by atoms with Crippen LogP contribution in [0.3, 0.4) is 0 Å². The van der Waals surface area contributed by atoms with E-state index in [1.807, 2.05) is 113 Å². The first-order valence-corrected chi connectivity index (χ1v) is 13.9. The lowest BCUT2D eigenvalue weighted by Crippen LogP contribution is -2.41. The van der Waals surface area contributed by atoms with E-state index in [0.717, 1.165) is 19.7 Å². The summed E-state index contributed by atoms with van der Waals surface area (Å²) in [5.74, 6) is 0. The maximum Gasteiger partial charge on any atom is 0.491 e. The molecule has 0 amide bonds. The molecule has 3 nitrogen and oxygen atoms in total. The molecule has 3 aromatic rings. The van der Waals surface area contributed by atoms with Crippen molar-refractivity contribution in [1.82, 2.24) is 0 Å². The zero-order valence-corrected chi connectivity index (χ0v) is 22.5. The molecule has 33 heavy (non-hydrogen) atoms. The van der Waals surface area contributed by atoms with Gasteiger partial charge in [-0.25, -0.2) is 0 Å². The minimum Gasteiger partial charge on any atom is -0.400 e. The van der Waals surface area contributed by atoms with Gasteiger partial charge in [0.15, 0.2) is 7.14 Å². The summed E-state index contributed by atoms with van der Waals surface area (Å²) in [7, 11) is -3.91. The van der Waals surface area contributed by atoms with Gasteiger partial charge in [-0.2, -0.15) is 0 Å². The van der Waals surface area contributed by atoms with Gasteiger partial charge in [-0.1, -0.05) is 78.9 Å². The lowest BCUT2D eigenvalue weighted by atomic mass is 9.75. The van der Waals surface area contributed by atoms with E-state index in [0.29, 0.717) is 5.47 Å². The number of rotatable bonds is 6. The Balaban J connectivity index is 1.95. The summed E-state index contributed by atoms with van der Waals surface area (Å²) < 4.78 is 29.2. The molecule has 1 fully saturated rings. The number of halogens is 1. The molecule has 0 aromatic heterocycles. The van der Waals surface area contributed by atoms with Gasteiger partial charge in [-0.15, -0.1) is 6.58 Å². The van der Waals surface area contributed by atoms with Crippen molar-refractivity contribution in [2.45, 2.75) is 44.6 Å². The van der Waals surface area contributed by atoms with E-state index in [4.69, 9.17) is 9.31 Å². The van der Waals surface area contributed by atoms with Gasteiger partial charge < -0.3 is 13.9 Å². The molecule has 0 saturated carbocycles. The highest BCUT2D eigenvalue weighted by Crippen LogP contribution is 2.61. The van der Waals surface area contributed by atoms with Crippen molar-refractivity contribution in [1.29, 1.82) is 0 Å². The van der Waals surface area contributed by atoms with Crippen molar-refractivity contribution in [3.8, 4) is 0 Å². The number of hydrogen-bond acceptors (Lipinski definition) is 3. The molecule has 0 N–H and O–H groups in total. The molecule has 1 saturated heterocycles. The SMILES string of the molecule is C=C(B1OC(C)(C)C(C)(C)O1)C(c1ccccc1I)P(=O)(c1ccccc1)c1ccccc1. The van der Waals surface area contributed by atoms with Crippen molar-refractivity contribution in [3.05, 3.63) is 106 Å². The van der Waals surface area contributed by atoms with Gasteiger partial charge in [0.1, 0.15) is 0 Å². The largest absolute Gasteiger partial charge is 0.491 e. The Morgan fingerprint density at radius 3 is 1.70 bits per heavy atom. The summed E-state index contributed by atoms with van der Waals surface area (Å²) in [5, 5.41) is 1.58. The van der Waals surface area contributed by atoms with Crippen LogP contribution in [-0.4, -0.2) is 18.3 Å². The maximum atomic E-state index is 15.4. The zero-order chi connectivity index (χ0) is 23.9. The molecule has 1 atom stereocenters. The molecule has 170 valence electrons. The lowest BCUT2D eigenvalue weighted by molar-refractivity contribution is 0.00578. The van der Waals surface area contributed by atoms with Crippen LogP contribution in [0.2, 0.25) is 0 Å². The van der Waals surface area contributed by atoms with Gasteiger partial charge >= 0.3 is 7.12 Å². The van der Waals surface area contributed by atoms with Gasteiger partial charge in [-0.05, 0) is 67.4 Å². The highest BCUT2D eigenvalue weighted by Gasteiger charge is 2.55. The summed E-state index contributed by atoms with van der Waals surface area (Å²) in [6.45, 7) is 12.6. The van der Waals surface area contributed by atoms with Crippen LogP contribution >= 0.6 is 29.7 Å². The molecule has 0 radical (unpaired) electrons. The third-order valence-corrected chi connectivity index (χ3v) is 11.2. The molecule has 1 heterocycles. The van der Waals surface area contributed by atoms with Crippen molar-refractivity contribution in [2.24, 2.45) is 0 Å². The Bertz CT molecular complexity index is 1130. The van der Waals surface area contributed by atoms with Crippen LogP contribution in [0.5, 0.6) is 0 Å². The standard InChI is InChI=1S/C27H29BIO3P/c1-20(28-31-26(2,3)27(4,5)32-28)25(23-18-12-13-19-24(23)29)33(30,21-14-8-6-9-15-21)22-16-10-7-11-17-22/h6-19,25H,1H2,2-5H3.